The Morgan fingerprint density at radius 3 is 2.54 bits per heavy atom. The van der Waals surface area contributed by atoms with Crippen molar-refractivity contribution in [2.24, 2.45) is 10.7 Å². The van der Waals surface area contributed by atoms with E-state index in [4.69, 9.17) is 5.73 Å². The number of anilines is 2. The summed E-state index contributed by atoms with van der Waals surface area (Å²) in [6.07, 6.45) is 2.83. The van der Waals surface area contributed by atoms with Crippen molar-refractivity contribution in [2.45, 2.75) is 13.8 Å². The highest BCUT2D eigenvalue weighted by molar-refractivity contribution is 5.83. The Bertz CT molecular complexity index is 839. The predicted octanol–water partition coefficient (Wildman–Crippen LogP) is 5.14. The van der Waals surface area contributed by atoms with Crippen molar-refractivity contribution >= 4 is 29.0 Å². The van der Waals surface area contributed by atoms with Gasteiger partial charge in [-0.25, -0.2) is 8.78 Å². The van der Waals surface area contributed by atoms with Gasteiger partial charge in [-0.15, -0.1) is 0 Å². The second-order valence-electron chi connectivity index (χ2n) is 5.43. The Kier molecular flexibility index (Phi) is 5.14. The molecule has 0 unspecified atom stereocenters. The van der Waals surface area contributed by atoms with Gasteiger partial charge in [0.25, 0.3) is 0 Å². The molecule has 0 aliphatic rings. The molecule has 24 heavy (non-hydrogen) atoms. The molecule has 0 radical (unpaired) electrons. The average Bonchev–Trinajstić information content (AvgIpc) is 2.51. The molecule has 0 fully saturated rings. The van der Waals surface area contributed by atoms with E-state index in [0.29, 0.717) is 11.1 Å². The van der Waals surface area contributed by atoms with Crippen molar-refractivity contribution in [2.75, 3.05) is 5.32 Å². The van der Waals surface area contributed by atoms with Crippen LogP contribution in [0.4, 0.5) is 25.8 Å². The number of rotatable bonds is 5. The van der Waals surface area contributed by atoms with Crippen LogP contribution in [0, 0.1) is 25.5 Å². The SMILES string of the molecule is C=C/C=N\c1c(C)cc(C(=C)N)c(Nc2ccc(C)cc2F)c1F. The number of hydrogen-bond acceptors (Lipinski definition) is 3. The molecule has 2 rings (SSSR count). The maximum absolute atomic E-state index is 14.9. The monoisotopic (exact) mass is 327 g/mol. The molecule has 0 aliphatic heterocycles. The first-order valence-electron chi connectivity index (χ1n) is 7.31. The van der Waals surface area contributed by atoms with E-state index in [-0.39, 0.29) is 22.8 Å². The summed E-state index contributed by atoms with van der Waals surface area (Å²) in [6.45, 7) is 10.7. The Morgan fingerprint density at radius 2 is 1.96 bits per heavy atom. The number of halogens is 2. The fourth-order valence-electron chi connectivity index (χ4n) is 2.28. The minimum Gasteiger partial charge on any atom is -0.399 e. The van der Waals surface area contributed by atoms with E-state index in [0.717, 1.165) is 5.56 Å². The van der Waals surface area contributed by atoms with Crippen LogP contribution in [-0.2, 0) is 0 Å². The van der Waals surface area contributed by atoms with Gasteiger partial charge in [0.2, 0.25) is 0 Å². The van der Waals surface area contributed by atoms with Crippen LogP contribution < -0.4 is 11.1 Å². The average molecular weight is 327 g/mol. The molecule has 5 heteroatoms. The topological polar surface area (TPSA) is 50.4 Å². The van der Waals surface area contributed by atoms with Crippen molar-refractivity contribution in [3.63, 3.8) is 0 Å². The van der Waals surface area contributed by atoms with Gasteiger partial charge in [0.05, 0.1) is 11.4 Å². The summed E-state index contributed by atoms with van der Waals surface area (Å²) < 4.78 is 29.0. The second-order valence-corrected chi connectivity index (χ2v) is 5.43. The number of allylic oxidation sites excluding steroid dienone is 1. The molecule has 2 aromatic carbocycles. The molecule has 0 atom stereocenters. The Morgan fingerprint density at radius 1 is 1.25 bits per heavy atom. The third-order valence-electron chi connectivity index (χ3n) is 3.47. The number of nitrogens with zero attached hydrogens (tertiary/aromatic N) is 1. The van der Waals surface area contributed by atoms with Gasteiger partial charge in [-0.1, -0.05) is 25.3 Å². The number of aryl methyl sites for hydroxylation is 2. The zero-order valence-electron chi connectivity index (χ0n) is 13.7. The quantitative estimate of drug-likeness (QED) is 0.747. The maximum atomic E-state index is 14.9. The van der Waals surface area contributed by atoms with E-state index in [1.54, 1.807) is 32.0 Å². The lowest BCUT2D eigenvalue weighted by Gasteiger charge is -2.17. The normalized spacial score (nSPS) is 10.8. The molecule has 2 aromatic rings. The third-order valence-corrected chi connectivity index (χ3v) is 3.47. The summed E-state index contributed by atoms with van der Waals surface area (Å²) in [5.41, 5.74) is 7.97. The number of hydrogen-bond donors (Lipinski definition) is 2. The first-order valence-corrected chi connectivity index (χ1v) is 7.31. The van der Waals surface area contributed by atoms with Crippen molar-refractivity contribution in [1.29, 1.82) is 0 Å². The molecular weight excluding hydrogens is 308 g/mol. The van der Waals surface area contributed by atoms with Crippen molar-refractivity contribution in [3.8, 4) is 0 Å². The number of aliphatic imine (C=N–C) groups is 1. The summed E-state index contributed by atoms with van der Waals surface area (Å²) in [6, 6.07) is 6.29. The molecule has 0 amide bonds. The molecule has 0 saturated heterocycles. The zero-order chi connectivity index (χ0) is 17.9. The van der Waals surface area contributed by atoms with Gasteiger partial charge in [0, 0.05) is 17.5 Å². The Labute approximate surface area is 140 Å². The summed E-state index contributed by atoms with van der Waals surface area (Å²) in [5, 5.41) is 2.77. The smallest absolute Gasteiger partial charge is 0.173 e. The fourth-order valence-corrected chi connectivity index (χ4v) is 2.28. The molecule has 3 N–H and O–H groups in total. The van der Waals surface area contributed by atoms with E-state index in [1.165, 1.54) is 18.4 Å². The molecule has 0 saturated carbocycles. The molecular formula is C19H19F2N3. The second kappa shape index (κ2) is 7.08. The van der Waals surface area contributed by atoms with E-state index >= 15 is 0 Å². The van der Waals surface area contributed by atoms with Gasteiger partial charge in [-0.2, -0.15) is 0 Å². The molecule has 124 valence electrons. The minimum absolute atomic E-state index is 0.0343. The van der Waals surface area contributed by atoms with Crippen LogP contribution in [0.1, 0.15) is 16.7 Å². The highest BCUT2D eigenvalue weighted by atomic mass is 19.1. The third kappa shape index (κ3) is 3.51. The Hall–Kier alpha value is -2.95. The molecule has 0 heterocycles. The van der Waals surface area contributed by atoms with Crippen LogP contribution in [0.25, 0.3) is 5.70 Å². The number of benzene rings is 2. The van der Waals surface area contributed by atoms with Crippen LogP contribution in [0.5, 0.6) is 0 Å². The van der Waals surface area contributed by atoms with E-state index in [2.05, 4.69) is 23.5 Å². The van der Waals surface area contributed by atoms with Gasteiger partial charge < -0.3 is 11.1 Å². The zero-order valence-corrected chi connectivity index (χ0v) is 13.7. The fraction of sp³-hybridized carbons (Fsp3) is 0.105. The van der Waals surface area contributed by atoms with E-state index in [1.807, 2.05) is 0 Å². The molecule has 0 spiro atoms. The van der Waals surface area contributed by atoms with Crippen LogP contribution in [0.2, 0.25) is 0 Å². The van der Waals surface area contributed by atoms with Crippen molar-refractivity contribution in [1.82, 2.24) is 0 Å². The lowest BCUT2D eigenvalue weighted by Crippen LogP contribution is -2.05. The van der Waals surface area contributed by atoms with Crippen molar-refractivity contribution in [3.05, 3.63) is 71.8 Å². The van der Waals surface area contributed by atoms with Gasteiger partial charge in [-0.05, 0) is 43.2 Å². The van der Waals surface area contributed by atoms with Crippen LogP contribution in [-0.4, -0.2) is 6.21 Å². The van der Waals surface area contributed by atoms with Crippen LogP contribution in [0.15, 0.2) is 48.5 Å². The maximum Gasteiger partial charge on any atom is 0.173 e. The first kappa shape index (κ1) is 17.4. The lowest BCUT2D eigenvalue weighted by molar-refractivity contribution is 0.625. The summed E-state index contributed by atoms with van der Waals surface area (Å²) in [5.74, 6) is -1.12. The highest BCUT2D eigenvalue weighted by Gasteiger charge is 2.18. The molecule has 0 bridgehead atoms. The van der Waals surface area contributed by atoms with Crippen molar-refractivity contribution < 1.29 is 8.78 Å². The van der Waals surface area contributed by atoms with Gasteiger partial charge in [-0.3, -0.25) is 4.99 Å². The lowest BCUT2D eigenvalue weighted by atomic mass is 10.0. The predicted molar refractivity (Wildman–Crippen MR) is 97.1 cm³/mol. The summed E-state index contributed by atoms with van der Waals surface area (Å²) in [7, 11) is 0. The van der Waals surface area contributed by atoms with Gasteiger partial charge in [0.1, 0.15) is 11.5 Å². The standard InChI is InChI=1S/C19H19F2N3/c1-5-8-23-18-12(3)10-14(13(4)22)19(17(18)21)24-16-7-6-11(2)9-15(16)20/h5-10,24H,1,4,22H2,2-3H3/b23-8-. The van der Waals surface area contributed by atoms with Crippen LogP contribution in [0.3, 0.4) is 0 Å². The summed E-state index contributed by atoms with van der Waals surface area (Å²) >= 11 is 0. The molecule has 0 aliphatic carbocycles. The first-order chi connectivity index (χ1) is 11.3. The van der Waals surface area contributed by atoms with Crippen LogP contribution >= 0.6 is 0 Å². The van der Waals surface area contributed by atoms with E-state index < -0.39 is 11.6 Å². The Balaban J connectivity index is 2.63. The van der Waals surface area contributed by atoms with E-state index in [9.17, 15) is 8.78 Å². The largest absolute Gasteiger partial charge is 0.399 e. The summed E-state index contributed by atoms with van der Waals surface area (Å²) in [4.78, 5) is 4.04. The molecule has 0 aromatic heterocycles. The molecule has 3 nitrogen and oxygen atoms in total. The van der Waals surface area contributed by atoms with Gasteiger partial charge in [0.15, 0.2) is 5.82 Å². The van der Waals surface area contributed by atoms with Gasteiger partial charge >= 0.3 is 0 Å². The number of nitrogens with one attached hydrogen (secondary N) is 1. The minimum atomic E-state index is -0.630. The highest BCUT2D eigenvalue weighted by Crippen LogP contribution is 2.36. The number of nitrogens with two attached hydrogens (primary N) is 1.